The van der Waals surface area contributed by atoms with Crippen LogP contribution in [0.5, 0.6) is 0 Å². The number of nitrogens with zero attached hydrogens (tertiary/aromatic N) is 3. The Morgan fingerprint density at radius 3 is 2.62 bits per heavy atom. The second-order valence-corrected chi connectivity index (χ2v) is 7.29. The normalized spacial score (nSPS) is 22.8. The van der Waals surface area contributed by atoms with Gasteiger partial charge in [0.2, 0.25) is 5.91 Å². The summed E-state index contributed by atoms with van der Waals surface area (Å²) in [5.41, 5.74) is 1.06. The summed E-state index contributed by atoms with van der Waals surface area (Å²) in [7, 11) is 0. The third-order valence-electron chi connectivity index (χ3n) is 4.15. The maximum atomic E-state index is 12.4. The van der Waals surface area contributed by atoms with Crippen LogP contribution in [0.15, 0.2) is 12.3 Å². The number of hydrogen-bond donors (Lipinski definition) is 0. The fraction of sp³-hybridized carbons (Fsp3) is 0.750. The lowest BCUT2D eigenvalue weighted by Gasteiger charge is -2.39. The van der Waals surface area contributed by atoms with Gasteiger partial charge in [-0.25, -0.2) is 0 Å². The minimum atomic E-state index is 0.281. The van der Waals surface area contributed by atoms with E-state index in [9.17, 15) is 4.79 Å². The Morgan fingerprint density at radius 2 is 2.05 bits per heavy atom. The van der Waals surface area contributed by atoms with Gasteiger partial charge in [-0.1, -0.05) is 0 Å². The number of amides is 1. The SMILES string of the molecule is CC(C)n1ccc(CSCC(=O)N2[C@H](C)CCC[C@H]2C)n1. The minimum Gasteiger partial charge on any atom is -0.337 e. The van der Waals surface area contributed by atoms with E-state index >= 15 is 0 Å². The van der Waals surface area contributed by atoms with Gasteiger partial charge in [-0.2, -0.15) is 5.10 Å². The average molecular weight is 309 g/mol. The van der Waals surface area contributed by atoms with E-state index in [1.165, 1.54) is 6.42 Å². The first kappa shape index (κ1) is 16.4. The van der Waals surface area contributed by atoms with Crippen LogP contribution in [0, 0.1) is 0 Å². The van der Waals surface area contributed by atoms with Gasteiger partial charge in [-0.05, 0) is 53.0 Å². The molecule has 1 aliphatic rings. The van der Waals surface area contributed by atoms with Crippen LogP contribution < -0.4 is 0 Å². The maximum Gasteiger partial charge on any atom is 0.233 e. The lowest BCUT2D eigenvalue weighted by atomic mass is 9.98. The zero-order valence-corrected chi connectivity index (χ0v) is 14.4. The summed E-state index contributed by atoms with van der Waals surface area (Å²) >= 11 is 1.67. The van der Waals surface area contributed by atoms with Crippen LogP contribution in [-0.2, 0) is 10.5 Å². The van der Waals surface area contributed by atoms with Gasteiger partial charge < -0.3 is 4.90 Å². The topological polar surface area (TPSA) is 38.1 Å². The van der Waals surface area contributed by atoms with Crippen molar-refractivity contribution in [3.8, 4) is 0 Å². The van der Waals surface area contributed by atoms with Gasteiger partial charge in [0.15, 0.2) is 0 Å². The number of thioether (sulfide) groups is 1. The molecule has 118 valence electrons. The van der Waals surface area contributed by atoms with Crippen molar-refractivity contribution in [3.63, 3.8) is 0 Å². The Kier molecular flexibility index (Phi) is 5.73. The third-order valence-corrected chi connectivity index (χ3v) is 5.10. The maximum absolute atomic E-state index is 12.4. The first-order chi connectivity index (χ1) is 9.99. The molecule has 0 spiro atoms. The quantitative estimate of drug-likeness (QED) is 0.835. The fourth-order valence-electron chi connectivity index (χ4n) is 2.97. The van der Waals surface area contributed by atoms with E-state index in [2.05, 4.69) is 37.7 Å². The smallest absolute Gasteiger partial charge is 0.233 e. The highest BCUT2D eigenvalue weighted by atomic mass is 32.2. The van der Waals surface area contributed by atoms with Crippen molar-refractivity contribution in [3.05, 3.63) is 18.0 Å². The molecule has 21 heavy (non-hydrogen) atoms. The lowest BCUT2D eigenvalue weighted by Crippen LogP contribution is -2.48. The third kappa shape index (κ3) is 4.25. The molecule has 5 heteroatoms. The molecular formula is C16H27N3OS. The summed E-state index contributed by atoms with van der Waals surface area (Å²) in [6.45, 7) is 8.57. The van der Waals surface area contributed by atoms with Crippen LogP contribution in [0.1, 0.15) is 58.7 Å². The molecule has 1 amide bonds. The monoisotopic (exact) mass is 309 g/mol. The van der Waals surface area contributed by atoms with Crippen LogP contribution in [0.2, 0.25) is 0 Å². The van der Waals surface area contributed by atoms with E-state index in [0.717, 1.165) is 24.3 Å². The molecule has 2 rings (SSSR count). The number of rotatable bonds is 5. The van der Waals surface area contributed by atoms with Crippen molar-refractivity contribution in [1.29, 1.82) is 0 Å². The highest BCUT2D eigenvalue weighted by Crippen LogP contribution is 2.24. The standard InChI is InChI=1S/C16H27N3OS/c1-12(2)18-9-8-15(17-18)10-21-11-16(20)19-13(3)6-5-7-14(19)4/h8-9,12-14H,5-7,10-11H2,1-4H3/t13-,14-/m1/s1. The van der Waals surface area contributed by atoms with E-state index in [0.29, 0.717) is 23.9 Å². The molecule has 1 saturated heterocycles. The van der Waals surface area contributed by atoms with Crippen molar-refractivity contribution < 1.29 is 4.79 Å². The second-order valence-electron chi connectivity index (χ2n) is 6.30. The van der Waals surface area contributed by atoms with Gasteiger partial charge in [0, 0.05) is 30.1 Å². The van der Waals surface area contributed by atoms with Gasteiger partial charge in [0.05, 0.1) is 11.4 Å². The Bertz CT molecular complexity index is 462. The van der Waals surface area contributed by atoms with Crippen LogP contribution in [0.3, 0.4) is 0 Å². The van der Waals surface area contributed by atoms with E-state index < -0.39 is 0 Å². The zero-order chi connectivity index (χ0) is 15.4. The molecule has 0 aliphatic carbocycles. The minimum absolute atomic E-state index is 0.281. The van der Waals surface area contributed by atoms with Crippen molar-refractivity contribution in [2.24, 2.45) is 0 Å². The Balaban J connectivity index is 1.80. The molecule has 0 N–H and O–H groups in total. The summed E-state index contributed by atoms with van der Waals surface area (Å²) in [6.07, 6.45) is 5.53. The van der Waals surface area contributed by atoms with Crippen LogP contribution in [0.4, 0.5) is 0 Å². The average Bonchev–Trinajstić information content (AvgIpc) is 2.87. The molecule has 1 fully saturated rings. The van der Waals surface area contributed by atoms with E-state index in [1.54, 1.807) is 11.8 Å². The first-order valence-electron chi connectivity index (χ1n) is 7.92. The van der Waals surface area contributed by atoms with Gasteiger partial charge in [0.1, 0.15) is 0 Å². The van der Waals surface area contributed by atoms with Crippen molar-refractivity contribution >= 4 is 17.7 Å². The summed E-state index contributed by atoms with van der Waals surface area (Å²) in [6, 6.07) is 3.22. The van der Waals surface area contributed by atoms with Crippen molar-refractivity contribution in [2.75, 3.05) is 5.75 Å². The highest BCUT2D eigenvalue weighted by Gasteiger charge is 2.28. The van der Waals surface area contributed by atoms with Gasteiger partial charge in [0.25, 0.3) is 0 Å². The molecule has 1 aromatic rings. The molecule has 0 unspecified atom stereocenters. The largest absolute Gasteiger partial charge is 0.337 e. The molecule has 0 radical (unpaired) electrons. The number of carbonyl (C=O) groups excluding carboxylic acids is 1. The van der Waals surface area contributed by atoms with E-state index in [4.69, 9.17) is 0 Å². The summed E-state index contributed by atoms with van der Waals surface area (Å²) in [5.74, 6) is 1.65. The van der Waals surface area contributed by atoms with Crippen molar-refractivity contribution in [2.45, 2.75) is 70.8 Å². The molecule has 0 saturated carbocycles. The van der Waals surface area contributed by atoms with Crippen LogP contribution >= 0.6 is 11.8 Å². The Labute approximate surface area is 132 Å². The van der Waals surface area contributed by atoms with E-state index in [1.807, 2.05) is 16.9 Å². The Morgan fingerprint density at radius 1 is 1.38 bits per heavy atom. The first-order valence-corrected chi connectivity index (χ1v) is 9.07. The molecular weight excluding hydrogens is 282 g/mol. The number of likely N-dealkylation sites (tertiary alicyclic amines) is 1. The predicted molar refractivity (Wildman–Crippen MR) is 88.4 cm³/mol. The van der Waals surface area contributed by atoms with Gasteiger partial charge >= 0.3 is 0 Å². The van der Waals surface area contributed by atoms with Gasteiger partial charge in [-0.15, -0.1) is 11.8 Å². The van der Waals surface area contributed by atoms with Crippen LogP contribution in [-0.4, -0.2) is 38.4 Å². The number of aromatic nitrogens is 2. The van der Waals surface area contributed by atoms with Crippen LogP contribution in [0.25, 0.3) is 0 Å². The lowest BCUT2D eigenvalue weighted by molar-refractivity contribution is -0.134. The van der Waals surface area contributed by atoms with Gasteiger partial charge in [-0.3, -0.25) is 9.48 Å². The molecule has 0 bridgehead atoms. The fourth-order valence-corrected chi connectivity index (χ4v) is 3.76. The molecule has 1 aliphatic heterocycles. The molecule has 4 nitrogen and oxygen atoms in total. The molecule has 2 atom stereocenters. The highest BCUT2D eigenvalue weighted by molar-refractivity contribution is 7.99. The number of carbonyl (C=O) groups is 1. The number of piperidine rings is 1. The zero-order valence-electron chi connectivity index (χ0n) is 13.6. The van der Waals surface area contributed by atoms with Crippen molar-refractivity contribution in [1.82, 2.24) is 14.7 Å². The predicted octanol–water partition coefficient (Wildman–Crippen LogP) is 3.49. The van der Waals surface area contributed by atoms with E-state index in [-0.39, 0.29) is 5.91 Å². The molecule has 2 heterocycles. The summed E-state index contributed by atoms with van der Waals surface area (Å²) in [4.78, 5) is 14.5. The second kappa shape index (κ2) is 7.34. The molecule has 1 aromatic heterocycles. The Hall–Kier alpha value is -0.970. The summed E-state index contributed by atoms with van der Waals surface area (Å²) in [5, 5.41) is 4.52. The summed E-state index contributed by atoms with van der Waals surface area (Å²) < 4.78 is 1.96. The number of hydrogen-bond acceptors (Lipinski definition) is 3. The molecule has 0 aromatic carbocycles.